The van der Waals surface area contributed by atoms with Crippen molar-refractivity contribution in [1.29, 1.82) is 0 Å². The van der Waals surface area contributed by atoms with Crippen LogP contribution in [0.15, 0.2) is 40.9 Å². The topological polar surface area (TPSA) is 99.2 Å². The lowest BCUT2D eigenvalue weighted by Gasteiger charge is -2.06. The first-order chi connectivity index (χ1) is 12.9. The summed E-state index contributed by atoms with van der Waals surface area (Å²) in [6.45, 7) is 5.39. The Morgan fingerprint density at radius 1 is 1.19 bits per heavy atom. The minimum Gasteiger partial charge on any atom is -0.452 e. The van der Waals surface area contributed by atoms with Crippen molar-refractivity contribution in [2.45, 2.75) is 27.3 Å². The Hall–Kier alpha value is -3.42. The lowest BCUT2D eigenvalue weighted by Crippen LogP contribution is -2.21. The molecular formula is C19H20N4O4. The highest BCUT2D eigenvalue weighted by Crippen LogP contribution is 2.16. The fourth-order valence-corrected chi connectivity index (χ4v) is 2.70. The van der Waals surface area contributed by atoms with Crippen LogP contribution < -0.4 is 5.32 Å². The Morgan fingerprint density at radius 2 is 1.93 bits per heavy atom. The highest BCUT2D eigenvalue weighted by molar-refractivity contribution is 5.96. The molecule has 1 amide bonds. The summed E-state index contributed by atoms with van der Waals surface area (Å²) in [4.78, 5) is 24.3. The molecule has 0 spiro atoms. The van der Waals surface area contributed by atoms with Gasteiger partial charge in [0.15, 0.2) is 6.61 Å². The lowest BCUT2D eigenvalue weighted by atomic mass is 10.2. The molecule has 0 aliphatic heterocycles. The molecule has 0 aliphatic rings. The third-order valence-corrected chi connectivity index (χ3v) is 3.99. The van der Waals surface area contributed by atoms with Gasteiger partial charge in [-0.3, -0.25) is 14.8 Å². The second-order valence-electron chi connectivity index (χ2n) is 6.15. The zero-order chi connectivity index (χ0) is 19.4. The van der Waals surface area contributed by atoms with Gasteiger partial charge in [0.1, 0.15) is 5.56 Å². The molecule has 0 atom stereocenters. The van der Waals surface area contributed by atoms with Gasteiger partial charge in [0.25, 0.3) is 5.91 Å². The molecule has 2 aromatic heterocycles. The first-order valence-electron chi connectivity index (χ1n) is 8.42. The summed E-state index contributed by atoms with van der Waals surface area (Å²) >= 11 is 0. The molecule has 3 rings (SSSR count). The lowest BCUT2D eigenvalue weighted by molar-refractivity contribution is -0.119. The molecule has 0 saturated heterocycles. The number of hydrogen-bond acceptors (Lipinski definition) is 6. The number of carbonyl (C=O) groups is 2. The SMILES string of the molecule is Cc1cc(NC(=O)COC(=O)c2c(C)nn(Cc3ccccc3)c2C)on1. The molecule has 8 heteroatoms. The van der Waals surface area contributed by atoms with E-state index in [-0.39, 0.29) is 5.88 Å². The van der Waals surface area contributed by atoms with Crippen LogP contribution in [0, 0.1) is 20.8 Å². The van der Waals surface area contributed by atoms with Gasteiger partial charge >= 0.3 is 5.97 Å². The molecule has 0 radical (unpaired) electrons. The molecule has 3 aromatic rings. The summed E-state index contributed by atoms with van der Waals surface area (Å²) in [5.74, 6) is -0.892. The van der Waals surface area contributed by atoms with Gasteiger partial charge in [-0.25, -0.2) is 4.79 Å². The van der Waals surface area contributed by atoms with E-state index in [4.69, 9.17) is 9.26 Å². The van der Waals surface area contributed by atoms with Crippen LogP contribution in [0.2, 0.25) is 0 Å². The van der Waals surface area contributed by atoms with Crippen LogP contribution >= 0.6 is 0 Å². The van der Waals surface area contributed by atoms with Crippen molar-refractivity contribution >= 4 is 17.8 Å². The highest BCUT2D eigenvalue weighted by atomic mass is 16.5. The summed E-state index contributed by atoms with van der Waals surface area (Å²) in [7, 11) is 0. The van der Waals surface area contributed by atoms with E-state index >= 15 is 0 Å². The Bertz CT molecular complexity index is 960. The molecule has 0 unspecified atom stereocenters. The molecule has 140 valence electrons. The Labute approximate surface area is 156 Å². The fraction of sp³-hybridized carbons (Fsp3) is 0.263. The summed E-state index contributed by atoms with van der Waals surface area (Å²) in [6, 6.07) is 11.4. The van der Waals surface area contributed by atoms with Crippen LogP contribution in [0.1, 0.15) is 33.0 Å². The summed E-state index contributed by atoms with van der Waals surface area (Å²) in [5, 5.41) is 10.6. The molecule has 0 fully saturated rings. The number of benzene rings is 1. The highest BCUT2D eigenvalue weighted by Gasteiger charge is 2.21. The van der Waals surface area contributed by atoms with Gasteiger partial charge in [0.05, 0.1) is 23.6 Å². The van der Waals surface area contributed by atoms with Crippen molar-refractivity contribution in [3.8, 4) is 0 Å². The zero-order valence-corrected chi connectivity index (χ0v) is 15.4. The third kappa shape index (κ3) is 4.41. The second-order valence-corrected chi connectivity index (χ2v) is 6.15. The van der Waals surface area contributed by atoms with Gasteiger partial charge in [-0.1, -0.05) is 35.5 Å². The number of amides is 1. The van der Waals surface area contributed by atoms with E-state index in [0.717, 1.165) is 5.56 Å². The number of anilines is 1. The number of ether oxygens (including phenoxy) is 1. The third-order valence-electron chi connectivity index (χ3n) is 3.99. The number of esters is 1. The summed E-state index contributed by atoms with van der Waals surface area (Å²) in [5.41, 5.74) is 3.32. The van der Waals surface area contributed by atoms with Gasteiger partial charge in [-0.2, -0.15) is 5.10 Å². The first-order valence-corrected chi connectivity index (χ1v) is 8.42. The van der Waals surface area contributed by atoms with E-state index in [1.54, 1.807) is 31.5 Å². The van der Waals surface area contributed by atoms with E-state index in [9.17, 15) is 9.59 Å². The van der Waals surface area contributed by atoms with Crippen LogP contribution in [-0.4, -0.2) is 33.4 Å². The molecule has 1 aromatic carbocycles. The number of nitrogens with zero attached hydrogens (tertiary/aromatic N) is 3. The zero-order valence-electron chi connectivity index (χ0n) is 15.4. The van der Waals surface area contributed by atoms with Crippen LogP contribution in [0.3, 0.4) is 0 Å². The van der Waals surface area contributed by atoms with E-state index in [2.05, 4.69) is 15.6 Å². The number of nitrogens with one attached hydrogen (secondary N) is 1. The predicted molar refractivity (Wildman–Crippen MR) is 97.4 cm³/mol. The molecule has 1 N–H and O–H groups in total. The molecular weight excluding hydrogens is 348 g/mol. The fourth-order valence-electron chi connectivity index (χ4n) is 2.70. The largest absolute Gasteiger partial charge is 0.452 e. The van der Waals surface area contributed by atoms with Crippen molar-refractivity contribution < 1.29 is 18.8 Å². The number of aromatic nitrogens is 3. The van der Waals surface area contributed by atoms with Gasteiger partial charge in [0, 0.05) is 6.07 Å². The van der Waals surface area contributed by atoms with Crippen molar-refractivity contribution in [2.24, 2.45) is 0 Å². The quantitative estimate of drug-likeness (QED) is 0.672. The van der Waals surface area contributed by atoms with Crippen LogP contribution in [0.25, 0.3) is 0 Å². The predicted octanol–water partition coefficient (Wildman–Crippen LogP) is 2.64. The first kappa shape index (κ1) is 18.4. The second kappa shape index (κ2) is 7.86. The minimum absolute atomic E-state index is 0.205. The molecule has 0 aliphatic carbocycles. The van der Waals surface area contributed by atoms with Crippen LogP contribution in [-0.2, 0) is 16.1 Å². The van der Waals surface area contributed by atoms with Crippen molar-refractivity contribution in [3.05, 3.63) is 64.6 Å². The van der Waals surface area contributed by atoms with Crippen LogP contribution in [0.5, 0.6) is 0 Å². The summed E-state index contributed by atoms with van der Waals surface area (Å²) in [6.07, 6.45) is 0. The van der Waals surface area contributed by atoms with Gasteiger partial charge in [-0.05, 0) is 26.3 Å². The minimum atomic E-state index is -0.590. The number of hydrogen-bond donors (Lipinski definition) is 1. The molecule has 2 heterocycles. The number of aryl methyl sites for hydroxylation is 2. The van der Waals surface area contributed by atoms with E-state index in [1.807, 2.05) is 30.3 Å². The Kier molecular flexibility index (Phi) is 5.35. The van der Waals surface area contributed by atoms with E-state index in [0.29, 0.717) is 29.2 Å². The maximum atomic E-state index is 12.4. The van der Waals surface area contributed by atoms with Gasteiger partial charge in [-0.15, -0.1) is 0 Å². The van der Waals surface area contributed by atoms with Crippen molar-refractivity contribution in [3.63, 3.8) is 0 Å². The normalized spacial score (nSPS) is 10.6. The molecule has 0 saturated carbocycles. The average molecular weight is 368 g/mol. The number of carbonyl (C=O) groups excluding carboxylic acids is 2. The monoisotopic (exact) mass is 368 g/mol. The smallest absolute Gasteiger partial charge is 0.342 e. The van der Waals surface area contributed by atoms with Gasteiger partial charge in [0.2, 0.25) is 5.88 Å². The molecule has 8 nitrogen and oxygen atoms in total. The Balaban J connectivity index is 1.63. The van der Waals surface area contributed by atoms with Crippen molar-refractivity contribution in [2.75, 3.05) is 11.9 Å². The Morgan fingerprint density at radius 3 is 2.59 bits per heavy atom. The van der Waals surface area contributed by atoms with Crippen molar-refractivity contribution in [1.82, 2.24) is 14.9 Å². The standard InChI is InChI=1S/C19H20N4O4/c1-12-9-17(27-22-12)20-16(24)11-26-19(25)18-13(2)21-23(14(18)3)10-15-7-5-4-6-8-15/h4-9H,10-11H2,1-3H3,(H,20,24). The van der Waals surface area contributed by atoms with Crippen LogP contribution in [0.4, 0.5) is 5.88 Å². The van der Waals surface area contributed by atoms with E-state index in [1.165, 1.54) is 0 Å². The molecule has 0 bridgehead atoms. The molecule has 27 heavy (non-hydrogen) atoms. The average Bonchev–Trinajstić information content (AvgIpc) is 3.16. The van der Waals surface area contributed by atoms with E-state index < -0.39 is 18.5 Å². The maximum Gasteiger partial charge on any atom is 0.342 e. The number of rotatable bonds is 6. The summed E-state index contributed by atoms with van der Waals surface area (Å²) < 4.78 is 11.8. The van der Waals surface area contributed by atoms with Gasteiger partial charge < -0.3 is 9.26 Å². The maximum absolute atomic E-state index is 12.4.